The van der Waals surface area contributed by atoms with E-state index in [2.05, 4.69) is 10.4 Å². The number of carbonyl (C=O) groups is 1. The number of nitrogens with one attached hydrogen (secondary N) is 1. The minimum atomic E-state index is -0.147. The minimum Gasteiger partial charge on any atom is -0.364 e. The van der Waals surface area contributed by atoms with E-state index in [1.165, 1.54) is 11.2 Å². The Balaban J connectivity index is 2.65. The molecule has 5 heteroatoms. The molecule has 0 amide bonds. The Bertz CT molecular complexity index is 403. The van der Waals surface area contributed by atoms with Gasteiger partial charge in [0.15, 0.2) is 5.11 Å². The van der Waals surface area contributed by atoms with Gasteiger partial charge in [-0.2, -0.15) is 5.10 Å². The Morgan fingerprint density at radius 2 is 2.06 bits per heavy atom. The van der Waals surface area contributed by atoms with Gasteiger partial charge in [0.2, 0.25) is 5.78 Å². The van der Waals surface area contributed by atoms with Gasteiger partial charge in [0.25, 0.3) is 0 Å². The molecule has 0 radical (unpaired) electrons. The monoisotopic (exact) mass is 235 g/mol. The van der Waals surface area contributed by atoms with Crippen molar-refractivity contribution in [1.82, 2.24) is 10.3 Å². The number of carbonyl (C=O) groups excluding carboxylic acids is 1. The molecule has 0 atom stereocenters. The zero-order valence-corrected chi connectivity index (χ0v) is 9.99. The Hall–Kier alpha value is -1.75. The predicted octanol–water partition coefficient (Wildman–Crippen LogP) is 1.29. The maximum Gasteiger partial charge on any atom is 0.205 e. The minimum absolute atomic E-state index is 0.147. The summed E-state index contributed by atoms with van der Waals surface area (Å²) in [5, 5.41) is 8.57. The second-order valence-electron chi connectivity index (χ2n) is 3.05. The number of hydrogen-bond donors (Lipinski definition) is 1. The quantitative estimate of drug-likeness (QED) is 0.371. The van der Waals surface area contributed by atoms with Gasteiger partial charge in [0.1, 0.15) is 0 Å². The van der Waals surface area contributed by atoms with Gasteiger partial charge in [-0.15, -0.1) is 0 Å². The maximum absolute atomic E-state index is 11.6. The van der Waals surface area contributed by atoms with E-state index in [1.54, 1.807) is 26.2 Å². The van der Waals surface area contributed by atoms with Gasteiger partial charge >= 0.3 is 0 Å². The Labute approximate surface area is 100.0 Å². The molecule has 0 aliphatic rings. The average molecular weight is 235 g/mol. The normalized spacial score (nSPS) is 10.1. The van der Waals surface area contributed by atoms with Crippen LogP contribution in [0.2, 0.25) is 0 Å². The first kappa shape index (κ1) is 12.3. The van der Waals surface area contributed by atoms with Crippen LogP contribution in [0.4, 0.5) is 0 Å². The summed E-state index contributed by atoms with van der Waals surface area (Å²) in [5.74, 6) is -0.147. The SMILES string of the molecule is CNC(=S)N(C)/N=C/C(=O)c1ccccc1. The molecular formula is C11H13N3OS. The molecule has 0 fully saturated rings. The van der Waals surface area contributed by atoms with Gasteiger partial charge in [0, 0.05) is 19.7 Å². The summed E-state index contributed by atoms with van der Waals surface area (Å²) in [6.45, 7) is 0. The molecule has 0 spiro atoms. The summed E-state index contributed by atoms with van der Waals surface area (Å²) < 4.78 is 0. The molecule has 0 unspecified atom stereocenters. The fourth-order valence-electron chi connectivity index (χ4n) is 1.03. The van der Waals surface area contributed by atoms with Gasteiger partial charge < -0.3 is 5.32 Å². The molecule has 0 heterocycles. The number of hydrogen-bond acceptors (Lipinski definition) is 3. The van der Waals surface area contributed by atoms with Crippen molar-refractivity contribution in [1.29, 1.82) is 0 Å². The molecule has 16 heavy (non-hydrogen) atoms. The van der Waals surface area contributed by atoms with Crippen LogP contribution in [-0.4, -0.2) is 36.2 Å². The number of rotatable bonds is 3. The third kappa shape index (κ3) is 3.43. The molecule has 1 aromatic carbocycles. The van der Waals surface area contributed by atoms with Crippen molar-refractivity contribution in [3.05, 3.63) is 35.9 Å². The largest absolute Gasteiger partial charge is 0.364 e. The summed E-state index contributed by atoms with van der Waals surface area (Å²) in [6.07, 6.45) is 1.25. The fourth-order valence-corrected chi connectivity index (χ4v) is 1.08. The number of benzene rings is 1. The Morgan fingerprint density at radius 3 is 2.62 bits per heavy atom. The lowest BCUT2D eigenvalue weighted by molar-refractivity contribution is 0.106. The Morgan fingerprint density at radius 1 is 1.44 bits per heavy atom. The van der Waals surface area contributed by atoms with Crippen molar-refractivity contribution in [2.45, 2.75) is 0 Å². The molecular weight excluding hydrogens is 222 g/mol. The molecule has 0 bridgehead atoms. The van der Waals surface area contributed by atoms with E-state index in [1.807, 2.05) is 18.2 Å². The van der Waals surface area contributed by atoms with Gasteiger partial charge in [-0.25, -0.2) is 5.01 Å². The summed E-state index contributed by atoms with van der Waals surface area (Å²) >= 11 is 4.94. The van der Waals surface area contributed by atoms with Gasteiger partial charge in [-0.1, -0.05) is 30.3 Å². The molecule has 0 aliphatic carbocycles. The van der Waals surface area contributed by atoms with Crippen LogP contribution in [0.15, 0.2) is 35.4 Å². The third-order valence-corrected chi connectivity index (χ3v) is 2.38. The lowest BCUT2D eigenvalue weighted by Crippen LogP contribution is -2.31. The summed E-state index contributed by atoms with van der Waals surface area (Å²) in [4.78, 5) is 11.6. The van der Waals surface area contributed by atoms with Crippen molar-refractivity contribution < 1.29 is 4.79 Å². The number of nitrogens with zero attached hydrogens (tertiary/aromatic N) is 2. The van der Waals surface area contributed by atoms with Crippen molar-refractivity contribution in [2.75, 3.05) is 14.1 Å². The maximum atomic E-state index is 11.6. The van der Waals surface area contributed by atoms with E-state index in [0.29, 0.717) is 10.7 Å². The van der Waals surface area contributed by atoms with E-state index in [4.69, 9.17) is 12.2 Å². The van der Waals surface area contributed by atoms with E-state index >= 15 is 0 Å². The van der Waals surface area contributed by atoms with E-state index < -0.39 is 0 Å². The van der Waals surface area contributed by atoms with Crippen molar-refractivity contribution >= 4 is 29.3 Å². The zero-order valence-electron chi connectivity index (χ0n) is 9.18. The van der Waals surface area contributed by atoms with Crippen LogP contribution in [0.3, 0.4) is 0 Å². The number of hydrazone groups is 1. The van der Waals surface area contributed by atoms with Crippen LogP contribution in [0, 0.1) is 0 Å². The van der Waals surface area contributed by atoms with Crippen LogP contribution in [0.5, 0.6) is 0 Å². The van der Waals surface area contributed by atoms with Crippen LogP contribution in [-0.2, 0) is 0 Å². The molecule has 1 aromatic rings. The van der Waals surface area contributed by atoms with Crippen LogP contribution in [0.1, 0.15) is 10.4 Å². The molecule has 0 aromatic heterocycles. The summed E-state index contributed by atoms with van der Waals surface area (Å²) in [7, 11) is 3.38. The van der Waals surface area contributed by atoms with Gasteiger partial charge in [-0.05, 0) is 12.2 Å². The third-order valence-electron chi connectivity index (χ3n) is 1.91. The lowest BCUT2D eigenvalue weighted by Gasteiger charge is -2.12. The first-order valence-corrected chi connectivity index (χ1v) is 5.14. The molecule has 0 aliphatic heterocycles. The van der Waals surface area contributed by atoms with E-state index in [9.17, 15) is 4.79 Å². The van der Waals surface area contributed by atoms with Crippen molar-refractivity contribution in [2.24, 2.45) is 5.10 Å². The fraction of sp³-hybridized carbons (Fsp3) is 0.182. The highest BCUT2D eigenvalue weighted by atomic mass is 32.1. The molecule has 1 rings (SSSR count). The lowest BCUT2D eigenvalue weighted by atomic mass is 10.1. The topological polar surface area (TPSA) is 44.7 Å². The molecule has 4 nitrogen and oxygen atoms in total. The van der Waals surface area contributed by atoms with Crippen molar-refractivity contribution in [3.63, 3.8) is 0 Å². The summed E-state index contributed by atoms with van der Waals surface area (Å²) in [6, 6.07) is 8.96. The first-order chi connectivity index (χ1) is 7.65. The second-order valence-corrected chi connectivity index (χ2v) is 3.44. The standard InChI is InChI=1S/C11H13N3OS/c1-12-11(16)14(2)13-8-10(15)9-6-4-3-5-7-9/h3-8H,1-2H3,(H,12,16)/b13-8+. The molecule has 1 N–H and O–H groups in total. The second kappa shape index (κ2) is 5.97. The average Bonchev–Trinajstić information content (AvgIpc) is 2.35. The molecule has 0 saturated heterocycles. The molecule has 0 saturated carbocycles. The van der Waals surface area contributed by atoms with Gasteiger partial charge in [0.05, 0.1) is 6.21 Å². The highest BCUT2D eigenvalue weighted by molar-refractivity contribution is 7.80. The van der Waals surface area contributed by atoms with Crippen LogP contribution in [0.25, 0.3) is 0 Å². The van der Waals surface area contributed by atoms with E-state index in [0.717, 1.165) is 0 Å². The summed E-state index contributed by atoms with van der Waals surface area (Å²) in [5.41, 5.74) is 0.607. The Kier molecular flexibility index (Phi) is 4.60. The van der Waals surface area contributed by atoms with Crippen LogP contribution >= 0.6 is 12.2 Å². The first-order valence-electron chi connectivity index (χ1n) is 4.74. The van der Waals surface area contributed by atoms with E-state index in [-0.39, 0.29) is 5.78 Å². The zero-order chi connectivity index (χ0) is 12.0. The predicted molar refractivity (Wildman–Crippen MR) is 68.7 cm³/mol. The number of Topliss-reactive ketones (excluding diaryl/α,β-unsaturated/α-hetero) is 1. The van der Waals surface area contributed by atoms with Crippen molar-refractivity contribution in [3.8, 4) is 0 Å². The number of thiocarbonyl (C=S) groups is 1. The number of ketones is 1. The van der Waals surface area contributed by atoms with Gasteiger partial charge in [-0.3, -0.25) is 4.79 Å². The highest BCUT2D eigenvalue weighted by Gasteiger charge is 2.02. The van der Waals surface area contributed by atoms with Crippen LogP contribution < -0.4 is 5.32 Å². The highest BCUT2D eigenvalue weighted by Crippen LogP contribution is 1.98. The smallest absolute Gasteiger partial charge is 0.205 e. The molecule has 84 valence electrons.